The summed E-state index contributed by atoms with van der Waals surface area (Å²) in [6.07, 6.45) is 5.15. The van der Waals surface area contributed by atoms with Crippen LogP contribution in [0.3, 0.4) is 0 Å². The summed E-state index contributed by atoms with van der Waals surface area (Å²) in [6.45, 7) is 3.59. The number of carbonyl (C=O) groups excluding carboxylic acids is 3. The van der Waals surface area contributed by atoms with Gasteiger partial charge in [0.25, 0.3) is 5.91 Å². The van der Waals surface area contributed by atoms with Gasteiger partial charge in [0.15, 0.2) is 0 Å². The van der Waals surface area contributed by atoms with Gasteiger partial charge in [0.05, 0.1) is 5.56 Å². The fourth-order valence-corrected chi connectivity index (χ4v) is 4.00. The fourth-order valence-electron chi connectivity index (χ4n) is 3.45. The van der Waals surface area contributed by atoms with Gasteiger partial charge >= 0.3 is 11.8 Å². The van der Waals surface area contributed by atoms with Crippen LogP contribution in [0.4, 0.5) is 5.69 Å². The van der Waals surface area contributed by atoms with Crippen LogP contribution < -0.4 is 10.6 Å². The number of nitrogens with zero attached hydrogens (tertiary/aromatic N) is 2. The lowest BCUT2D eigenvalue weighted by Crippen LogP contribution is -2.43. The van der Waals surface area contributed by atoms with E-state index in [0.29, 0.717) is 30.9 Å². The number of anilines is 1. The number of benzene rings is 1. The third-order valence-corrected chi connectivity index (χ3v) is 5.84. The van der Waals surface area contributed by atoms with Crippen LogP contribution in [0.15, 0.2) is 47.6 Å². The van der Waals surface area contributed by atoms with E-state index in [2.05, 4.69) is 15.6 Å². The second-order valence-corrected chi connectivity index (χ2v) is 8.12. The highest BCUT2D eigenvalue weighted by atomic mass is 32.2. The number of pyridine rings is 1. The molecule has 2 heterocycles. The Morgan fingerprint density at radius 2 is 1.90 bits per heavy atom. The molecule has 0 radical (unpaired) electrons. The monoisotopic (exact) mass is 426 g/mol. The zero-order valence-corrected chi connectivity index (χ0v) is 18.0. The molecule has 2 aromatic rings. The molecule has 1 aromatic heterocycles. The first-order chi connectivity index (χ1) is 14.5. The van der Waals surface area contributed by atoms with Crippen molar-refractivity contribution in [2.45, 2.75) is 24.8 Å². The van der Waals surface area contributed by atoms with Gasteiger partial charge in [-0.15, -0.1) is 11.8 Å². The van der Waals surface area contributed by atoms with E-state index in [1.54, 1.807) is 24.4 Å². The number of piperidine rings is 1. The van der Waals surface area contributed by atoms with Gasteiger partial charge in [-0.3, -0.25) is 14.4 Å². The van der Waals surface area contributed by atoms with Crippen molar-refractivity contribution in [2.24, 2.45) is 5.92 Å². The highest BCUT2D eigenvalue weighted by molar-refractivity contribution is 7.98. The zero-order valence-electron chi connectivity index (χ0n) is 17.2. The van der Waals surface area contributed by atoms with Crippen molar-refractivity contribution < 1.29 is 14.4 Å². The first-order valence-electron chi connectivity index (χ1n) is 9.92. The Morgan fingerprint density at radius 3 is 2.60 bits per heavy atom. The quantitative estimate of drug-likeness (QED) is 0.567. The largest absolute Gasteiger partial charge is 0.348 e. The smallest absolute Gasteiger partial charge is 0.313 e. The Bertz CT molecular complexity index is 926. The molecule has 1 saturated heterocycles. The summed E-state index contributed by atoms with van der Waals surface area (Å²) < 4.78 is 0. The second kappa shape index (κ2) is 10.2. The van der Waals surface area contributed by atoms with Crippen molar-refractivity contribution in [2.75, 3.05) is 31.2 Å². The topological polar surface area (TPSA) is 91.4 Å². The number of thioether (sulfide) groups is 1. The van der Waals surface area contributed by atoms with E-state index in [1.165, 1.54) is 11.8 Å². The third-order valence-electron chi connectivity index (χ3n) is 5.13. The molecule has 0 unspecified atom stereocenters. The molecule has 0 saturated carbocycles. The Kier molecular flexibility index (Phi) is 7.46. The van der Waals surface area contributed by atoms with Crippen LogP contribution in [0.1, 0.15) is 28.8 Å². The van der Waals surface area contributed by atoms with Gasteiger partial charge in [0, 0.05) is 31.5 Å². The van der Waals surface area contributed by atoms with Crippen LogP contribution in [0.2, 0.25) is 0 Å². The van der Waals surface area contributed by atoms with Gasteiger partial charge in [0.2, 0.25) is 0 Å². The molecular weight excluding hydrogens is 400 g/mol. The summed E-state index contributed by atoms with van der Waals surface area (Å²) in [5, 5.41) is 6.06. The predicted octanol–water partition coefficient (Wildman–Crippen LogP) is 2.72. The van der Waals surface area contributed by atoms with Crippen LogP contribution in [-0.2, 0) is 9.59 Å². The fraction of sp³-hybridized carbons (Fsp3) is 0.364. The number of hydrogen-bond acceptors (Lipinski definition) is 5. The molecule has 1 fully saturated rings. The molecule has 3 rings (SSSR count). The van der Waals surface area contributed by atoms with Crippen molar-refractivity contribution >= 4 is 35.2 Å². The predicted molar refractivity (Wildman–Crippen MR) is 117 cm³/mol. The Hall–Kier alpha value is -2.87. The summed E-state index contributed by atoms with van der Waals surface area (Å²) >= 11 is 1.46. The van der Waals surface area contributed by atoms with Crippen LogP contribution in [0.25, 0.3) is 0 Å². The van der Waals surface area contributed by atoms with Gasteiger partial charge in [0.1, 0.15) is 5.03 Å². The van der Waals surface area contributed by atoms with Gasteiger partial charge in [-0.05, 0) is 61.8 Å². The van der Waals surface area contributed by atoms with E-state index in [1.807, 2.05) is 36.3 Å². The lowest BCUT2D eigenvalue weighted by atomic mass is 9.96. The Balaban J connectivity index is 1.45. The number of hydrogen-bond donors (Lipinski definition) is 2. The highest BCUT2D eigenvalue weighted by Gasteiger charge is 2.26. The first-order valence-corrected chi connectivity index (χ1v) is 11.1. The van der Waals surface area contributed by atoms with Crippen LogP contribution >= 0.6 is 11.8 Å². The molecule has 7 nitrogen and oxygen atoms in total. The van der Waals surface area contributed by atoms with Crippen molar-refractivity contribution in [3.05, 3.63) is 53.7 Å². The molecular formula is C22H26N4O3S. The number of carbonyl (C=O) groups is 3. The molecule has 158 valence electrons. The van der Waals surface area contributed by atoms with Crippen LogP contribution in [0.5, 0.6) is 0 Å². The maximum atomic E-state index is 12.8. The Labute approximate surface area is 180 Å². The minimum absolute atomic E-state index is 0.00697. The maximum Gasteiger partial charge on any atom is 0.313 e. The van der Waals surface area contributed by atoms with E-state index in [4.69, 9.17) is 0 Å². The van der Waals surface area contributed by atoms with Crippen LogP contribution in [-0.4, -0.2) is 53.5 Å². The molecule has 8 heteroatoms. The third kappa shape index (κ3) is 5.60. The van der Waals surface area contributed by atoms with Crippen LogP contribution in [0, 0.1) is 12.8 Å². The molecule has 0 aliphatic carbocycles. The number of aryl methyl sites for hydroxylation is 1. The number of rotatable bonds is 5. The summed E-state index contributed by atoms with van der Waals surface area (Å²) in [6, 6.07) is 10.9. The number of likely N-dealkylation sites (tertiary alicyclic amines) is 1. The number of amides is 3. The average Bonchev–Trinajstić information content (AvgIpc) is 2.77. The lowest BCUT2D eigenvalue weighted by molar-refractivity contribution is -0.136. The molecule has 2 N–H and O–H groups in total. The SMILES string of the molecule is CSc1ncccc1C(=O)N1CCC(CNC(=O)C(=O)Nc2cccc(C)c2)CC1. The summed E-state index contributed by atoms with van der Waals surface area (Å²) in [7, 11) is 0. The molecule has 1 aromatic carbocycles. The molecule has 0 atom stereocenters. The lowest BCUT2D eigenvalue weighted by Gasteiger charge is -2.32. The van der Waals surface area contributed by atoms with Gasteiger partial charge < -0.3 is 15.5 Å². The van der Waals surface area contributed by atoms with E-state index >= 15 is 0 Å². The van der Waals surface area contributed by atoms with E-state index in [-0.39, 0.29) is 11.8 Å². The maximum absolute atomic E-state index is 12.8. The standard InChI is InChI=1S/C22H26N4O3S/c1-15-5-3-6-17(13-15)25-20(28)19(27)24-14-16-8-11-26(12-9-16)22(29)18-7-4-10-23-21(18)30-2/h3-7,10,13,16H,8-9,11-12,14H2,1-2H3,(H,24,27)(H,25,28). The van der Waals surface area contributed by atoms with E-state index in [0.717, 1.165) is 23.4 Å². The molecule has 30 heavy (non-hydrogen) atoms. The number of aromatic nitrogens is 1. The van der Waals surface area contributed by atoms with Gasteiger partial charge in [-0.2, -0.15) is 0 Å². The van der Waals surface area contributed by atoms with E-state index in [9.17, 15) is 14.4 Å². The molecule has 1 aliphatic rings. The zero-order chi connectivity index (χ0) is 21.5. The minimum atomic E-state index is -0.672. The van der Waals surface area contributed by atoms with E-state index < -0.39 is 11.8 Å². The van der Waals surface area contributed by atoms with Crippen molar-refractivity contribution in [3.8, 4) is 0 Å². The highest BCUT2D eigenvalue weighted by Crippen LogP contribution is 2.22. The summed E-state index contributed by atoms with van der Waals surface area (Å²) in [5.41, 5.74) is 2.23. The van der Waals surface area contributed by atoms with Gasteiger partial charge in [-0.25, -0.2) is 4.98 Å². The normalized spacial score (nSPS) is 14.3. The first kappa shape index (κ1) is 21.8. The summed E-state index contributed by atoms with van der Waals surface area (Å²) in [4.78, 5) is 43.1. The minimum Gasteiger partial charge on any atom is -0.348 e. The van der Waals surface area contributed by atoms with Crippen molar-refractivity contribution in [3.63, 3.8) is 0 Å². The van der Waals surface area contributed by atoms with Crippen molar-refractivity contribution in [1.82, 2.24) is 15.2 Å². The number of nitrogens with one attached hydrogen (secondary N) is 2. The molecule has 0 spiro atoms. The summed E-state index contributed by atoms with van der Waals surface area (Å²) in [5.74, 6) is -1.09. The van der Waals surface area contributed by atoms with Crippen molar-refractivity contribution in [1.29, 1.82) is 0 Å². The molecule has 3 amide bonds. The second-order valence-electron chi connectivity index (χ2n) is 7.33. The molecule has 0 bridgehead atoms. The molecule has 1 aliphatic heterocycles. The Morgan fingerprint density at radius 1 is 1.13 bits per heavy atom. The van der Waals surface area contributed by atoms with Gasteiger partial charge in [-0.1, -0.05) is 12.1 Å². The average molecular weight is 427 g/mol.